The topological polar surface area (TPSA) is 62.3 Å². The molecule has 4 rings (SSSR count). The Bertz CT molecular complexity index is 901. The van der Waals surface area contributed by atoms with Gasteiger partial charge in [-0.1, -0.05) is 35.3 Å². The molecule has 2 N–H and O–H groups in total. The number of aromatic nitrogens is 2. The lowest BCUT2D eigenvalue weighted by atomic mass is 9.74. The summed E-state index contributed by atoms with van der Waals surface area (Å²) in [6, 6.07) is 9.84. The molecular formula is C21H25Cl2N5OS. The maximum Gasteiger partial charge on any atom is 0.232 e. The quantitative estimate of drug-likeness (QED) is 0.500. The van der Waals surface area contributed by atoms with Crippen molar-refractivity contribution in [1.29, 1.82) is 0 Å². The van der Waals surface area contributed by atoms with Crippen molar-refractivity contribution >= 4 is 52.3 Å². The molecule has 0 atom stereocenters. The van der Waals surface area contributed by atoms with E-state index in [-0.39, 0.29) is 5.41 Å². The SMILES string of the molecule is S=C(NCC1(c2cccc(Cl)c2)CCOCC1)Nc1nc(Cl)cc(N2CCCC2)n1. The molecule has 1 aromatic heterocycles. The molecule has 160 valence electrons. The summed E-state index contributed by atoms with van der Waals surface area (Å²) in [6.45, 7) is 4.07. The predicted molar refractivity (Wildman–Crippen MR) is 126 cm³/mol. The first kappa shape index (κ1) is 21.6. The van der Waals surface area contributed by atoms with E-state index in [9.17, 15) is 0 Å². The number of nitrogens with zero attached hydrogens (tertiary/aromatic N) is 3. The van der Waals surface area contributed by atoms with Crippen molar-refractivity contribution in [2.45, 2.75) is 31.1 Å². The Balaban J connectivity index is 1.44. The summed E-state index contributed by atoms with van der Waals surface area (Å²) in [7, 11) is 0. The number of ether oxygens (including phenoxy) is 1. The van der Waals surface area contributed by atoms with Crippen LogP contribution in [-0.2, 0) is 10.2 Å². The Morgan fingerprint density at radius 2 is 1.90 bits per heavy atom. The zero-order valence-corrected chi connectivity index (χ0v) is 19.0. The fourth-order valence-electron chi connectivity index (χ4n) is 4.11. The maximum atomic E-state index is 6.26. The zero-order valence-electron chi connectivity index (χ0n) is 16.7. The van der Waals surface area contributed by atoms with E-state index in [1.54, 1.807) is 6.07 Å². The summed E-state index contributed by atoms with van der Waals surface area (Å²) in [5, 5.41) is 8.06. The zero-order chi connectivity index (χ0) is 21.0. The molecule has 0 spiro atoms. The Morgan fingerprint density at radius 3 is 2.63 bits per heavy atom. The highest BCUT2D eigenvalue weighted by Gasteiger charge is 2.34. The minimum atomic E-state index is -0.0925. The van der Waals surface area contributed by atoms with Gasteiger partial charge in [0.15, 0.2) is 5.11 Å². The van der Waals surface area contributed by atoms with E-state index in [0.29, 0.717) is 36.0 Å². The van der Waals surface area contributed by atoms with Gasteiger partial charge in [0.05, 0.1) is 0 Å². The van der Waals surface area contributed by atoms with Crippen molar-refractivity contribution in [1.82, 2.24) is 15.3 Å². The highest BCUT2D eigenvalue weighted by Crippen LogP contribution is 2.35. The third-order valence-electron chi connectivity index (χ3n) is 5.81. The molecular weight excluding hydrogens is 441 g/mol. The lowest BCUT2D eigenvalue weighted by molar-refractivity contribution is 0.0515. The van der Waals surface area contributed by atoms with Gasteiger partial charge in [-0.05, 0) is 55.6 Å². The molecule has 3 heterocycles. The van der Waals surface area contributed by atoms with Gasteiger partial charge in [0, 0.05) is 49.4 Å². The second kappa shape index (κ2) is 9.64. The van der Waals surface area contributed by atoms with Crippen LogP contribution in [-0.4, -0.2) is 47.9 Å². The van der Waals surface area contributed by atoms with Crippen LogP contribution in [0.25, 0.3) is 0 Å². The van der Waals surface area contributed by atoms with Crippen LogP contribution in [0.3, 0.4) is 0 Å². The first-order chi connectivity index (χ1) is 14.5. The normalized spacial score (nSPS) is 18.3. The lowest BCUT2D eigenvalue weighted by Gasteiger charge is -2.38. The molecule has 2 aromatic rings. The largest absolute Gasteiger partial charge is 0.381 e. The molecule has 0 amide bonds. The van der Waals surface area contributed by atoms with E-state index < -0.39 is 0 Å². The molecule has 0 aliphatic carbocycles. The molecule has 2 aliphatic heterocycles. The predicted octanol–water partition coefficient (Wildman–Crippen LogP) is 4.42. The number of halogens is 2. The van der Waals surface area contributed by atoms with Crippen LogP contribution in [0.5, 0.6) is 0 Å². The highest BCUT2D eigenvalue weighted by atomic mass is 35.5. The summed E-state index contributed by atoms with van der Waals surface area (Å²) in [4.78, 5) is 11.1. The van der Waals surface area contributed by atoms with Crippen LogP contribution in [0.1, 0.15) is 31.2 Å². The van der Waals surface area contributed by atoms with Gasteiger partial charge in [-0.25, -0.2) is 4.98 Å². The minimum absolute atomic E-state index is 0.0925. The van der Waals surface area contributed by atoms with Crippen molar-refractivity contribution in [2.75, 3.05) is 43.1 Å². The van der Waals surface area contributed by atoms with Gasteiger partial charge in [-0.15, -0.1) is 0 Å². The number of hydrogen-bond donors (Lipinski definition) is 2. The van der Waals surface area contributed by atoms with Crippen molar-refractivity contribution in [3.05, 3.63) is 46.1 Å². The highest BCUT2D eigenvalue weighted by molar-refractivity contribution is 7.80. The van der Waals surface area contributed by atoms with Crippen molar-refractivity contribution in [2.24, 2.45) is 0 Å². The molecule has 30 heavy (non-hydrogen) atoms. The van der Waals surface area contributed by atoms with Crippen LogP contribution >= 0.6 is 35.4 Å². The number of nitrogens with one attached hydrogen (secondary N) is 2. The first-order valence-electron chi connectivity index (χ1n) is 10.2. The van der Waals surface area contributed by atoms with Crippen molar-refractivity contribution < 1.29 is 4.74 Å². The smallest absolute Gasteiger partial charge is 0.232 e. The third-order valence-corrected chi connectivity index (χ3v) is 6.49. The van der Waals surface area contributed by atoms with Crippen LogP contribution in [0, 0.1) is 0 Å². The standard InChI is InChI=1S/C21H25Cl2N5OS/c22-16-5-3-4-15(12-16)21(6-10-29-11-7-21)14-24-20(30)27-19-25-17(23)13-18(26-19)28-8-1-2-9-28/h3-5,12-13H,1-2,6-11,14H2,(H2,24,25,26,27,30). The van der Waals surface area contributed by atoms with Crippen molar-refractivity contribution in [3.8, 4) is 0 Å². The molecule has 2 saturated heterocycles. The summed E-state index contributed by atoms with van der Waals surface area (Å²) in [6.07, 6.45) is 4.13. The van der Waals surface area contributed by atoms with E-state index in [1.807, 2.05) is 18.2 Å². The van der Waals surface area contributed by atoms with Gasteiger partial charge < -0.3 is 20.3 Å². The molecule has 0 radical (unpaired) electrons. The monoisotopic (exact) mass is 465 g/mol. The van der Waals surface area contributed by atoms with Crippen LogP contribution in [0.4, 0.5) is 11.8 Å². The summed E-state index contributed by atoms with van der Waals surface area (Å²) in [5.41, 5.74) is 1.11. The van der Waals surface area contributed by atoms with E-state index in [1.165, 1.54) is 18.4 Å². The molecule has 2 fully saturated rings. The molecule has 2 aliphatic rings. The summed E-state index contributed by atoms with van der Waals surface area (Å²) < 4.78 is 5.61. The van der Waals surface area contributed by atoms with E-state index in [4.69, 9.17) is 40.2 Å². The fourth-order valence-corrected chi connectivity index (χ4v) is 4.64. The number of rotatable bonds is 5. The maximum absolute atomic E-state index is 6.26. The number of benzene rings is 1. The number of anilines is 2. The van der Waals surface area contributed by atoms with Crippen molar-refractivity contribution in [3.63, 3.8) is 0 Å². The van der Waals surface area contributed by atoms with Gasteiger partial charge in [0.25, 0.3) is 0 Å². The third kappa shape index (κ3) is 5.14. The van der Waals surface area contributed by atoms with Gasteiger partial charge in [-0.2, -0.15) is 4.98 Å². The average Bonchev–Trinajstić information content (AvgIpc) is 3.28. The molecule has 0 saturated carbocycles. The average molecular weight is 466 g/mol. The number of hydrogen-bond acceptors (Lipinski definition) is 5. The van der Waals surface area contributed by atoms with E-state index >= 15 is 0 Å². The number of thiocarbonyl (C=S) groups is 1. The van der Waals surface area contributed by atoms with Gasteiger partial charge in [0.1, 0.15) is 11.0 Å². The Kier molecular flexibility index (Phi) is 6.93. The van der Waals surface area contributed by atoms with E-state index in [2.05, 4.69) is 31.6 Å². The minimum Gasteiger partial charge on any atom is -0.381 e. The molecule has 0 bridgehead atoms. The molecule has 0 unspecified atom stereocenters. The van der Waals surface area contributed by atoms with Gasteiger partial charge >= 0.3 is 0 Å². The fraction of sp³-hybridized carbons (Fsp3) is 0.476. The second-order valence-corrected chi connectivity index (χ2v) is 9.01. The van der Waals surface area contributed by atoms with Gasteiger partial charge in [-0.3, -0.25) is 0 Å². The Morgan fingerprint density at radius 1 is 1.13 bits per heavy atom. The Hall–Kier alpha value is -1.67. The molecule has 1 aromatic carbocycles. The first-order valence-corrected chi connectivity index (χ1v) is 11.4. The van der Waals surface area contributed by atoms with Crippen LogP contribution < -0.4 is 15.5 Å². The molecule has 9 heteroatoms. The lowest BCUT2D eigenvalue weighted by Crippen LogP contribution is -2.45. The van der Waals surface area contributed by atoms with Crippen LogP contribution in [0.2, 0.25) is 10.2 Å². The van der Waals surface area contributed by atoms with Gasteiger partial charge in [0.2, 0.25) is 5.95 Å². The Labute approximate surface area is 192 Å². The molecule has 6 nitrogen and oxygen atoms in total. The second-order valence-electron chi connectivity index (χ2n) is 7.78. The van der Waals surface area contributed by atoms with E-state index in [0.717, 1.165) is 36.8 Å². The summed E-state index contributed by atoms with van der Waals surface area (Å²) >= 11 is 18.0. The summed E-state index contributed by atoms with van der Waals surface area (Å²) in [5.74, 6) is 1.24. The van der Waals surface area contributed by atoms with Crippen LogP contribution in [0.15, 0.2) is 30.3 Å².